The summed E-state index contributed by atoms with van der Waals surface area (Å²) in [5, 5.41) is 4.56. The first-order chi connectivity index (χ1) is 14.9. The number of carbonyl (C=O) groups is 1. The fourth-order valence-corrected chi connectivity index (χ4v) is 5.21. The van der Waals surface area contributed by atoms with Gasteiger partial charge in [0.2, 0.25) is 5.95 Å². The summed E-state index contributed by atoms with van der Waals surface area (Å²) < 4.78 is 1.09. The molecule has 1 aliphatic heterocycles. The van der Waals surface area contributed by atoms with E-state index in [1.807, 2.05) is 31.3 Å². The summed E-state index contributed by atoms with van der Waals surface area (Å²) in [6.07, 6.45) is 5.61. The van der Waals surface area contributed by atoms with Gasteiger partial charge in [-0.2, -0.15) is 0 Å². The number of hydrogen-bond donors (Lipinski definition) is 1. The molecule has 3 heterocycles. The van der Waals surface area contributed by atoms with Crippen molar-refractivity contribution in [3.05, 3.63) is 41.6 Å². The van der Waals surface area contributed by atoms with Crippen LogP contribution in [0.25, 0.3) is 20.7 Å². The van der Waals surface area contributed by atoms with E-state index in [9.17, 15) is 4.79 Å². The van der Waals surface area contributed by atoms with E-state index in [2.05, 4.69) is 28.3 Å². The van der Waals surface area contributed by atoms with Crippen molar-refractivity contribution in [1.29, 1.82) is 0 Å². The van der Waals surface area contributed by atoms with Crippen LogP contribution < -0.4 is 5.32 Å². The molecule has 0 radical (unpaired) electrons. The predicted octanol–water partition coefficient (Wildman–Crippen LogP) is 5.36. The van der Waals surface area contributed by atoms with E-state index < -0.39 is 0 Å². The molecule has 6 nitrogen and oxygen atoms in total. The fourth-order valence-electron chi connectivity index (χ4n) is 4.05. The zero-order valence-corrected chi connectivity index (χ0v) is 22.1. The normalized spacial score (nSPS) is 14.4. The van der Waals surface area contributed by atoms with Crippen LogP contribution in [0.4, 0.5) is 5.95 Å². The van der Waals surface area contributed by atoms with Crippen molar-refractivity contribution >= 4 is 58.1 Å². The summed E-state index contributed by atoms with van der Waals surface area (Å²) in [7, 11) is 5.75. The summed E-state index contributed by atoms with van der Waals surface area (Å²) in [5.41, 5.74) is 2.72. The van der Waals surface area contributed by atoms with Crippen LogP contribution in [-0.4, -0.2) is 66.5 Å². The fraction of sp³-hybridized carbons (Fsp3) is 0.458. The zero-order valence-electron chi connectivity index (χ0n) is 19.6. The van der Waals surface area contributed by atoms with Crippen LogP contribution in [0.15, 0.2) is 30.5 Å². The number of rotatable bonds is 6. The molecule has 3 aromatic rings. The molecule has 0 bridgehead atoms. The van der Waals surface area contributed by atoms with E-state index in [0.717, 1.165) is 45.1 Å². The highest BCUT2D eigenvalue weighted by atomic mass is 35.5. The van der Waals surface area contributed by atoms with Crippen molar-refractivity contribution in [3.63, 3.8) is 0 Å². The number of benzene rings is 1. The smallest absolute Gasteiger partial charge is 0.253 e. The summed E-state index contributed by atoms with van der Waals surface area (Å²) in [5.74, 6) is 1.50. The molecule has 4 rings (SSSR count). The minimum absolute atomic E-state index is 0. The molecule has 0 saturated carbocycles. The number of anilines is 1. The van der Waals surface area contributed by atoms with E-state index in [1.54, 1.807) is 30.3 Å². The van der Waals surface area contributed by atoms with E-state index in [-0.39, 0.29) is 30.7 Å². The van der Waals surface area contributed by atoms with Crippen LogP contribution in [-0.2, 0) is 0 Å². The molecule has 1 amide bonds. The monoisotopic (exact) mass is 509 g/mol. The van der Waals surface area contributed by atoms with Gasteiger partial charge in [-0.05, 0) is 81.4 Å². The molecule has 9 heteroatoms. The van der Waals surface area contributed by atoms with Gasteiger partial charge in [-0.1, -0.05) is 6.07 Å². The Kier molecular flexibility index (Phi) is 9.91. The molecule has 0 spiro atoms. The lowest BCUT2D eigenvalue weighted by Crippen LogP contribution is -2.30. The van der Waals surface area contributed by atoms with Gasteiger partial charge in [-0.3, -0.25) is 4.79 Å². The van der Waals surface area contributed by atoms with E-state index in [0.29, 0.717) is 11.5 Å². The number of piperidine rings is 1. The largest absolute Gasteiger partial charge is 0.354 e. The van der Waals surface area contributed by atoms with Crippen molar-refractivity contribution in [2.24, 2.45) is 5.92 Å². The number of fused-ring (bicyclic) bond motifs is 1. The number of aryl methyl sites for hydroxylation is 1. The van der Waals surface area contributed by atoms with Crippen LogP contribution >= 0.6 is 36.2 Å². The van der Waals surface area contributed by atoms with Gasteiger partial charge in [0, 0.05) is 37.1 Å². The number of halogens is 2. The first-order valence-corrected chi connectivity index (χ1v) is 11.7. The van der Waals surface area contributed by atoms with Crippen molar-refractivity contribution in [2.45, 2.75) is 26.2 Å². The Bertz CT molecular complexity index is 1080. The number of amides is 1. The van der Waals surface area contributed by atoms with Crippen LogP contribution in [0.3, 0.4) is 0 Å². The van der Waals surface area contributed by atoms with E-state index in [1.165, 1.54) is 25.9 Å². The molecule has 1 aromatic carbocycles. The van der Waals surface area contributed by atoms with Crippen LogP contribution in [0.1, 0.15) is 35.2 Å². The zero-order chi connectivity index (χ0) is 22.0. The van der Waals surface area contributed by atoms with Gasteiger partial charge in [0.15, 0.2) is 0 Å². The highest BCUT2D eigenvalue weighted by Gasteiger charge is 2.17. The second-order valence-electron chi connectivity index (χ2n) is 8.75. The molecule has 180 valence electrons. The summed E-state index contributed by atoms with van der Waals surface area (Å²) in [6, 6.07) is 8.04. The van der Waals surface area contributed by atoms with Crippen molar-refractivity contribution < 1.29 is 4.79 Å². The molecule has 33 heavy (non-hydrogen) atoms. The maximum atomic E-state index is 12.3. The number of thiophene rings is 1. The van der Waals surface area contributed by atoms with Gasteiger partial charge in [0.25, 0.3) is 5.91 Å². The Labute approximate surface area is 212 Å². The first-order valence-electron chi connectivity index (χ1n) is 10.9. The highest BCUT2D eigenvalue weighted by Crippen LogP contribution is 2.35. The Balaban J connectivity index is 0.00000193. The van der Waals surface area contributed by atoms with Crippen molar-refractivity contribution in [3.8, 4) is 10.6 Å². The van der Waals surface area contributed by atoms with E-state index in [4.69, 9.17) is 4.98 Å². The molecule has 0 unspecified atom stereocenters. The molecule has 1 N–H and O–H groups in total. The van der Waals surface area contributed by atoms with Gasteiger partial charge in [0.1, 0.15) is 0 Å². The van der Waals surface area contributed by atoms with Gasteiger partial charge in [0.05, 0.1) is 10.6 Å². The maximum absolute atomic E-state index is 12.3. The lowest BCUT2D eigenvalue weighted by atomic mass is 9.94. The summed E-state index contributed by atoms with van der Waals surface area (Å²) in [4.78, 5) is 26.7. The number of nitrogens with zero attached hydrogens (tertiary/aromatic N) is 4. The van der Waals surface area contributed by atoms with Crippen molar-refractivity contribution in [1.82, 2.24) is 19.8 Å². The lowest BCUT2D eigenvalue weighted by molar-refractivity contribution is 0.0828. The summed E-state index contributed by atoms with van der Waals surface area (Å²) in [6.45, 7) is 5.34. The molecule has 0 aliphatic carbocycles. The van der Waals surface area contributed by atoms with E-state index >= 15 is 0 Å². The lowest BCUT2D eigenvalue weighted by Gasteiger charge is -2.28. The minimum atomic E-state index is 0. The SMILES string of the molecule is Cc1cnc(NCCC2CCN(C)CC2)nc1-c1cc2ccc(C(=O)N(C)C)cc2s1.Cl.Cl. The molecule has 0 atom stereocenters. The van der Waals surface area contributed by atoms with Crippen molar-refractivity contribution in [2.75, 3.05) is 46.1 Å². The quantitative estimate of drug-likeness (QED) is 0.484. The molecule has 1 fully saturated rings. The molecular weight excluding hydrogens is 477 g/mol. The molecule has 2 aromatic heterocycles. The second kappa shape index (κ2) is 12.0. The van der Waals surface area contributed by atoms with Crippen LogP contribution in [0.5, 0.6) is 0 Å². The van der Waals surface area contributed by atoms with Gasteiger partial charge >= 0.3 is 0 Å². The number of carbonyl (C=O) groups excluding carboxylic acids is 1. The number of hydrogen-bond acceptors (Lipinski definition) is 6. The maximum Gasteiger partial charge on any atom is 0.253 e. The Morgan fingerprint density at radius 3 is 2.64 bits per heavy atom. The van der Waals surface area contributed by atoms with Gasteiger partial charge in [-0.25, -0.2) is 9.97 Å². The first kappa shape index (κ1) is 27.3. The summed E-state index contributed by atoms with van der Waals surface area (Å²) >= 11 is 1.67. The minimum Gasteiger partial charge on any atom is -0.354 e. The predicted molar refractivity (Wildman–Crippen MR) is 143 cm³/mol. The van der Waals surface area contributed by atoms with Crippen LogP contribution in [0, 0.1) is 12.8 Å². The number of aromatic nitrogens is 2. The Morgan fingerprint density at radius 1 is 1.21 bits per heavy atom. The molecular formula is C24H33Cl2N5OS. The topological polar surface area (TPSA) is 61.4 Å². The highest BCUT2D eigenvalue weighted by molar-refractivity contribution is 7.22. The standard InChI is InChI=1S/C24H31N5OS.2ClH/c1-16-15-26-24(25-10-7-17-8-11-29(4)12-9-17)27-22(16)21-13-18-5-6-19(14-20(18)31-21)23(30)28(2)3;;/h5-6,13-15,17H,7-12H2,1-4H3,(H,25,26,27);2*1H. The third-order valence-electron chi connectivity index (χ3n) is 6.05. The Hall–Kier alpha value is -1.93. The number of likely N-dealkylation sites (tertiary alicyclic amines) is 1. The third-order valence-corrected chi connectivity index (χ3v) is 7.16. The van der Waals surface area contributed by atoms with Gasteiger partial charge in [-0.15, -0.1) is 36.2 Å². The average molecular weight is 511 g/mol. The number of nitrogens with one attached hydrogen (secondary N) is 1. The van der Waals surface area contributed by atoms with Crippen LogP contribution in [0.2, 0.25) is 0 Å². The third kappa shape index (κ3) is 6.57. The molecule has 1 saturated heterocycles. The van der Waals surface area contributed by atoms with Gasteiger partial charge < -0.3 is 15.1 Å². The second-order valence-corrected chi connectivity index (χ2v) is 9.83. The molecule has 1 aliphatic rings. The average Bonchev–Trinajstić information content (AvgIpc) is 3.18. The Morgan fingerprint density at radius 2 is 1.94 bits per heavy atom.